The quantitative estimate of drug-likeness (QED) is 0.734. The van der Waals surface area contributed by atoms with Crippen molar-refractivity contribution in [3.63, 3.8) is 0 Å². The summed E-state index contributed by atoms with van der Waals surface area (Å²) in [6.07, 6.45) is 5.79. The van der Waals surface area contributed by atoms with E-state index >= 15 is 0 Å². The Morgan fingerprint density at radius 2 is 1.90 bits per heavy atom. The van der Waals surface area contributed by atoms with Crippen LogP contribution < -0.4 is 11.3 Å². The summed E-state index contributed by atoms with van der Waals surface area (Å²) in [5.74, 6) is -0.370. The van der Waals surface area contributed by atoms with Gasteiger partial charge in [0.05, 0.1) is 10.8 Å². The van der Waals surface area contributed by atoms with E-state index < -0.39 is 15.6 Å². The molecular formula is C20H25N3O5S. The van der Waals surface area contributed by atoms with Crippen LogP contribution in [-0.2, 0) is 26.3 Å². The Kier molecular flexibility index (Phi) is 5.46. The molecule has 0 bridgehead atoms. The van der Waals surface area contributed by atoms with Crippen molar-refractivity contribution >= 4 is 26.8 Å². The lowest BCUT2D eigenvalue weighted by molar-refractivity contribution is -0.152. The van der Waals surface area contributed by atoms with Gasteiger partial charge in [-0.15, -0.1) is 0 Å². The van der Waals surface area contributed by atoms with Crippen LogP contribution in [0.3, 0.4) is 0 Å². The molecular weight excluding hydrogens is 394 g/mol. The lowest BCUT2D eigenvalue weighted by Crippen LogP contribution is -2.32. The van der Waals surface area contributed by atoms with Crippen molar-refractivity contribution in [2.75, 3.05) is 13.1 Å². The maximum absolute atomic E-state index is 13.0. The molecule has 2 aliphatic rings. The standard InChI is InChI=1S/C20H25N3O5S/c21-15-8-11-23(12-15)29(26,27)18-7-3-6-17-16(18)9-10-22(19(17)24)13-28-20(25)14-4-1-2-5-14/h3,6-7,9-10,14-15H,1-2,4-5,8,11-13,21H2/t15-/m0/s1. The number of rotatable bonds is 5. The number of carbonyl (C=O) groups excluding carboxylic acids is 1. The summed E-state index contributed by atoms with van der Waals surface area (Å²) in [6.45, 7) is 0.461. The van der Waals surface area contributed by atoms with E-state index in [4.69, 9.17) is 10.5 Å². The van der Waals surface area contributed by atoms with Crippen LogP contribution >= 0.6 is 0 Å². The number of ether oxygens (including phenoxy) is 1. The summed E-state index contributed by atoms with van der Waals surface area (Å²) >= 11 is 0. The Morgan fingerprint density at radius 1 is 1.14 bits per heavy atom. The van der Waals surface area contributed by atoms with E-state index in [-0.39, 0.29) is 41.5 Å². The van der Waals surface area contributed by atoms with E-state index in [2.05, 4.69) is 0 Å². The molecule has 1 aromatic carbocycles. The number of hydrogen-bond acceptors (Lipinski definition) is 6. The van der Waals surface area contributed by atoms with Crippen LogP contribution in [0.15, 0.2) is 40.2 Å². The monoisotopic (exact) mass is 419 g/mol. The average molecular weight is 420 g/mol. The van der Waals surface area contributed by atoms with Gasteiger partial charge in [0.2, 0.25) is 10.0 Å². The highest BCUT2D eigenvalue weighted by molar-refractivity contribution is 7.89. The van der Waals surface area contributed by atoms with Crippen LogP contribution in [0.1, 0.15) is 32.1 Å². The van der Waals surface area contributed by atoms with Crippen LogP contribution in [-0.4, -0.2) is 42.4 Å². The highest BCUT2D eigenvalue weighted by Crippen LogP contribution is 2.27. The predicted octanol–water partition coefficient (Wildman–Crippen LogP) is 1.41. The molecule has 1 aromatic heterocycles. The van der Waals surface area contributed by atoms with Gasteiger partial charge in [-0.25, -0.2) is 8.42 Å². The first-order chi connectivity index (χ1) is 13.9. The molecule has 1 atom stereocenters. The minimum absolute atomic E-state index is 0.0882. The number of esters is 1. The molecule has 0 amide bonds. The van der Waals surface area contributed by atoms with Crippen molar-refractivity contribution in [1.82, 2.24) is 8.87 Å². The number of hydrogen-bond donors (Lipinski definition) is 1. The second-order valence-corrected chi connectivity index (χ2v) is 9.70. The molecule has 8 nitrogen and oxygen atoms in total. The maximum atomic E-state index is 13.0. The van der Waals surface area contributed by atoms with Crippen molar-refractivity contribution in [1.29, 1.82) is 0 Å². The fourth-order valence-corrected chi connectivity index (χ4v) is 5.86. The molecule has 2 aromatic rings. The molecule has 1 saturated heterocycles. The van der Waals surface area contributed by atoms with Crippen LogP contribution in [0, 0.1) is 5.92 Å². The SMILES string of the molecule is N[C@H]1CCN(S(=O)(=O)c2cccc3c(=O)n(COC(=O)C4CCCC4)ccc23)C1. The zero-order valence-electron chi connectivity index (χ0n) is 16.1. The van der Waals surface area contributed by atoms with E-state index in [1.807, 2.05) is 0 Å². The summed E-state index contributed by atoms with van der Waals surface area (Å²) in [5, 5.41) is 0.630. The van der Waals surface area contributed by atoms with Gasteiger partial charge in [-0.05, 0) is 37.5 Å². The van der Waals surface area contributed by atoms with Crippen molar-refractivity contribution in [3.8, 4) is 0 Å². The van der Waals surface area contributed by atoms with Gasteiger partial charge in [-0.3, -0.25) is 14.2 Å². The smallest absolute Gasteiger partial charge is 0.310 e. The number of carbonyl (C=O) groups is 1. The van der Waals surface area contributed by atoms with Gasteiger partial charge < -0.3 is 10.5 Å². The first-order valence-corrected chi connectivity index (χ1v) is 11.4. The molecule has 4 rings (SSSR count). The van der Waals surface area contributed by atoms with E-state index in [1.165, 1.54) is 21.1 Å². The Labute approximate surface area is 169 Å². The van der Waals surface area contributed by atoms with Gasteiger partial charge in [-0.2, -0.15) is 4.31 Å². The van der Waals surface area contributed by atoms with Gasteiger partial charge in [0, 0.05) is 36.1 Å². The summed E-state index contributed by atoms with van der Waals surface area (Å²) < 4.78 is 34.1. The summed E-state index contributed by atoms with van der Waals surface area (Å²) in [6, 6.07) is 6.06. The second kappa shape index (κ2) is 7.89. The first kappa shape index (κ1) is 20.1. The largest absolute Gasteiger partial charge is 0.444 e. The minimum Gasteiger partial charge on any atom is -0.444 e. The number of nitrogens with two attached hydrogens (primary N) is 1. The highest BCUT2D eigenvalue weighted by Gasteiger charge is 2.32. The summed E-state index contributed by atoms with van der Waals surface area (Å²) in [7, 11) is -3.74. The number of benzene rings is 1. The van der Waals surface area contributed by atoms with Crippen molar-refractivity contribution in [2.24, 2.45) is 11.7 Å². The molecule has 2 heterocycles. The minimum atomic E-state index is -3.74. The lowest BCUT2D eigenvalue weighted by atomic mass is 10.1. The predicted molar refractivity (Wildman–Crippen MR) is 108 cm³/mol. The molecule has 29 heavy (non-hydrogen) atoms. The molecule has 0 radical (unpaired) electrons. The topological polar surface area (TPSA) is 112 Å². The fraction of sp³-hybridized carbons (Fsp3) is 0.500. The summed E-state index contributed by atoms with van der Waals surface area (Å²) in [4.78, 5) is 25.1. The molecule has 156 valence electrons. The third-order valence-electron chi connectivity index (χ3n) is 5.82. The Morgan fingerprint density at radius 3 is 2.59 bits per heavy atom. The molecule has 9 heteroatoms. The number of aromatic nitrogens is 1. The molecule has 1 aliphatic carbocycles. The number of pyridine rings is 1. The van der Waals surface area contributed by atoms with Gasteiger partial charge in [-0.1, -0.05) is 18.9 Å². The van der Waals surface area contributed by atoms with E-state index in [1.54, 1.807) is 18.2 Å². The maximum Gasteiger partial charge on any atom is 0.310 e. The first-order valence-electron chi connectivity index (χ1n) is 9.92. The third kappa shape index (κ3) is 3.82. The number of sulfonamides is 1. The van der Waals surface area contributed by atoms with Crippen molar-refractivity contribution < 1.29 is 17.9 Å². The highest BCUT2D eigenvalue weighted by atomic mass is 32.2. The number of nitrogens with zero attached hydrogens (tertiary/aromatic N) is 2. The van der Waals surface area contributed by atoms with Crippen LogP contribution in [0.2, 0.25) is 0 Å². The molecule has 1 saturated carbocycles. The second-order valence-electron chi connectivity index (χ2n) is 7.79. The molecule has 2 N–H and O–H groups in total. The van der Waals surface area contributed by atoms with E-state index in [0.717, 1.165) is 25.7 Å². The van der Waals surface area contributed by atoms with E-state index in [0.29, 0.717) is 18.4 Å². The molecule has 0 spiro atoms. The normalized spacial score (nSPS) is 21.1. The third-order valence-corrected chi connectivity index (χ3v) is 7.74. The lowest BCUT2D eigenvalue weighted by Gasteiger charge is -2.18. The van der Waals surface area contributed by atoms with Crippen LogP contribution in [0.5, 0.6) is 0 Å². The summed E-state index contributed by atoms with van der Waals surface area (Å²) in [5.41, 5.74) is 5.47. The van der Waals surface area contributed by atoms with Crippen LogP contribution in [0.4, 0.5) is 0 Å². The Hall–Kier alpha value is -2.23. The zero-order valence-corrected chi connectivity index (χ0v) is 16.9. The Bertz CT molecular complexity index is 1090. The van der Waals surface area contributed by atoms with Crippen LogP contribution in [0.25, 0.3) is 10.8 Å². The van der Waals surface area contributed by atoms with Gasteiger partial charge in [0.25, 0.3) is 5.56 Å². The zero-order chi connectivity index (χ0) is 20.6. The van der Waals surface area contributed by atoms with Crippen molar-refractivity contribution in [3.05, 3.63) is 40.8 Å². The van der Waals surface area contributed by atoms with Crippen molar-refractivity contribution in [2.45, 2.75) is 49.8 Å². The fourth-order valence-electron chi connectivity index (χ4n) is 4.14. The molecule has 2 fully saturated rings. The van der Waals surface area contributed by atoms with Gasteiger partial charge >= 0.3 is 5.97 Å². The molecule has 1 aliphatic heterocycles. The number of fused-ring (bicyclic) bond motifs is 1. The Balaban J connectivity index is 1.62. The molecule has 0 unspecified atom stereocenters. The average Bonchev–Trinajstić information content (AvgIpc) is 3.39. The van der Waals surface area contributed by atoms with Gasteiger partial charge in [0.1, 0.15) is 0 Å². The van der Waals surface area contributed by atoms with Gasteiger partial charge in [0.15, 0.2) is 6.73 Å². The van der Waals surface area contributed by atoms with E-state index in [9.17, 15) is 18.0 Å².